The number of nitrogen functional groups attached to an aromatic ring is 1. The molecular formula is C35H50N6O3. The van der Waals surface area contributed by atoms with Crippen molar-refractivity contribution in [3.63, 3.8) is 0 Å². The molecular weight excluding hydrogens is 552 g/mol. The minimum atomic E-state index is -0.258. The lowest BCUT2D eigenvalue weighted by Gasteiger charge is -2.20. The number of rotatable bonds is 19. The Kier molecular flexibility index (Phi) is 12.8. The number of unbranched alkanes of at least 4 members (excludes halogenated alkanes) is 5. The molecule has 3 N–H and O–H groups in total. The van der Waals surface area contributed by atoms with Gasteiger partial charge in [0.05, 0.1) is 6.61 Å². The van der Waals surface area contributed by atoms with Crippen LogP contribution in [0.15, 0.2) is 64.2 Å². The number of aromatic nitrogens is 4. The third-order valence-corrected chi connectivity index (χ3v) is 8.46. The summed E-state index contributed by atoms with van der Waals surface area (Å²) in [4.78, 5) is 35.0. The highest BCUT2D eigenvalue weighted by Crippen LogP contribution is 2.18. The summed E-state index contributed by atoms with van der Waals surface area (Å²) in [5.41, 5.74) is 9.47. The molecule has 0 saturated heterocycles. The van der Waals surface area contributed by atoms with E-state index in [2.05, 4.69) is 43.0 Å². The molecule has 0 amide bonds. The van der Waals surface area contributed by atoms with Gasteiger partial charge in [0.15, 0.2) is 11.2 Å². The maximum absolute atomic E-state index is 14.0. The second-order valence-corrected chi connectivity index (χ2v) is 11.7. The van der Waals surface area contributed by atoms with Crippen molar-refractivity contribution in [2.75, 3.05) is 32.0 Å². The number of likely N-dealkylation sites (N-methyl/N-ethyl adjacent to an activating group) is 1. The number of aliphatic hydroxyl groups excluding tert-OH is 1. The molecule has 2 aromatic heterocycles. The van der Waals surface area contributed by atoms with Crippen molar-refractivity contribution in [2.24, 2.45) is 0 Å². The Hall–Kier alpha value is -3.69. The zero-order valence-corrected chi connectivity index (χ0v) is 26.6. The highest BCUT2D eigenvalue weighted by molar-refractivity contribution is 5.71. The summed E-state index contributed by atoms with van der Waals surface area (Å²) in [5.74, 6) is 0.784. The van der Waals surface area contributed by atoms with Crippen LogP contribution in [-0.4, -0.2) is 54.9 Å². The second-order valence-electron chi connectivity index (χ2n) is 11.7. The molecule has 0 atom stereocenters. The summed E-state index contributed by atoms with van der Waals surface area (Å²) in [6.07, 6.45) is 8.29. The first-order valence-electron chi connectivity index (χ1n) is 16.4. The number of aliphatic hydroxyl groups is 1. The van der Waals surface area contributed by atoms with Crippen molar-refractivity contribution in [3.05, 3.63) is 92.4 Å². The van der Waals surface area contributed by atoms with Crippen molar-refractivity contribution >= 4 is 16.9 Å². The molecule has 2 aromatic carbocycles. The first-order chi connectivity index (χ1) is 21.5. The Labute approximate surface area is 261 Å². The Morgan fingerprint density at radius 2 is 1.48 bits per heavy atom. The van der Waals surface area contributed by atoms with Crippen LogP contribution in [0.3, 0.4) is 0 Å². The Morgan fingerprint density at radius 3 is 2.18 bits per heavy atom. The molecule has 0 aliphatic carbocycles. The van der Waals surface area contributed by atoms with Gasteiger partial charge in [-0.2, -0.15) is 0 Å². The van der Waals surface area contributed by atoms with Crippen molar-refractivity contribution in [2.45, 2.75) is 91.3 Å². The molecule has 9 nitrogen and oxygen atoms in total. The molecule has 4 aromatic rings. The molecule has 0 aliphatic rings. The maximum atomic E-state index is 14.0. The van der Waals surface area contributed by atoms with Gasteiger partial charge in [-0.05, 0) is 55.5 Å². The zero-order chi connectivity index (χ0) is 31.3. The molecule has 0 spiro atoms. The van der Waals surface area contributed by atoms with Crippen LogP contribution >= 0.6 is 0 Å². The van der Waals surface area contributed by atoms with Crippen LogP contribution in [0.5, 0.6) is 0 Å². The third kappa shape index (κ3) is 8.70. The zero-order valence-electron chi connectivity index (χ0n) is 26.6. The topological polar surface area (TPSA) is 111 Å². The van der Waals surface area contributed by atoms with E-state index >= 15 is 0 Å². The summed E-state index contributed by atoms with van der Waals surface area (Å²) in [7, 11) is 0. The predicted molar refractivity (Wildman–Crippen MR) is 179 cm³/mol. The van der Waals surface area contributed by atoms with Crippen LogP contribution < -0.4 is 17.0 Å². The lowest BCUT2D eigenvalue weighted by Crippen LogP contribution is -2.41. The van der Waals surface area contributed by atoms with Gasteiger partial charge in [-0.3, -0.25) is 18.8 Å². The minimum absolute atomic E-state index is 0.0825. The monoisotopic (exact) mass is 602 g/mol. The standard InChI is InChI=1S/C35H50N6O3/c1-3-5-12-22-41-34(43)32-33(40(35(41)44)21-13-7-6-9-14-28-17-19-30(36)20-18-28)37-31(27-29-15-10-8-11-16-29)39(32)24-23-38(4-2)25-26-42/h8,10-11,15-20,42H,3-7,9,12-14,21-27,36H2,1-2H3. The van der Waals surface area contributed by atoms with E-state index in [9.17, 15) is 14.7 Å². The van der Waals surface area contributed by atoms with E-state index < -0.39 is 0 Å². The molecule has 0 aliphatic heterocycles. The van der Waals surface area contributed by atoms with Crippen LogP contribution in [-0.2, 0) is 32.5 Å². The molecule has 0 unspecified atom stereocenters. The van der Waals surface area contributed by atoms with E-state index in [0.29, 0.717) is 50.3 Å². The normalized spacial score (nSPS) is 11.6. The number of hydrogen-bond acceptors (Lipinski definition) is 6. The van der Waals surface area contributed by atoms with Gasteiger partial charge in [0.1, 0.15) is 5.82 Å². The summed E-state index contributed by atoms with van der Waals surface area (Å²) < 4.78 is 5.22. The number of imidazole rings is 1. The number of nitrogens with two attached hydrogens (primary N) is 1. The van der Waals surface area contributed by atoms with Crippen LogP contribution in [0.4, 0.5) is 5.69 Å². The van der Waals surface area contributed by atoms with E-state index in [1.807, 2.05) is 34.9 Å². The predicted octanol–water partition coefficient (Wildman–Crippen LogP) is 4.84. The van der Waals surface area contributed by atoms with E-state index in [0.717, 1.165) is 75.0 Å². The van der Waals surface area contributed by atoms with Crippen LogP contribution in [0.2, 0.25) is 0 Å². The molecule has 9 heteroatoms. The Bertz CT molecular complexity index is 1560. The first-order valence-corrected chi connectivity index (χ1v) is 16.4. The fourth-order valence-corrected chi connectivity index (χ4v) is 5.86. The first kappa shape index (κ1) is 33.2. The van der Waals surface area contributed by atoms with Crippen molar-refractivity contribution in [1.29, 1.82) is 0 Å². The molecule has 238 valence electrons. The Balaban J connectivity index is 1.65. The number of benzene rings is 2. The largest absolute Gasteiger partial charge is 0.399 e. The number of anilines is 1. The fourth-order valence-electron chi connectivity index (χ4n) is 5.86. The highest BCUT2D eigenvalue weighted by atomic mass is 16.3. The Morgan fingerprint density at radius 1 is 0.773 bits per heavy atom. The van der Waals surface area contributed by atoms with Gasteiger partial charge in [0.2, 0.25) is 0 Å². The second kappa shape index (κ2) is 17.0. The molecule has 0 saturated carbocycles. The lowest BCUT2D eigenvalue weighted by molar-refractivity contribution is 0.197. The van der Waals surface area contributed by atoms with Crippen LogP contribution in [0.1, 0.15) is 75.7 Å². The van der Waals surface area contributed by atoms with E-state index in [1.165, 1.54) is 10.1 Å². The lowest BCUT2D eigenvalue weighted by atomic mass is 10.1. The number of fused-ring (bicyclic) bond motifs is 1. The van der Waals surface area contributed by atoms with Crippen molar-refractivity contribution < 1.29 is 5.11 Å². The third-order valence-electron chi connectivity index (χ3n) is 8.46. The molecule has 0 radical (unpaired) electrons. The maximum Gasteiger partial charge on any atom is 0.332 e. The number of nitrogens with zero attached hydrogens (tertiary/aromatic N) is 5. The van der Waals surface area contributed by atoms with Gasteiger partial charge in [-0.25, -0.2) is 9.78 Å². The number of hydrogen-bond donors (Lipinski definition) is 2. The number of aryl methyl sites for hydroxylation is 2. The molecule has 0 bridgehead atoms. The van der Waals surface area contributed by atoms with E-state index in [1.54, 1.807) is 4.57 Å². The summed E-state index contributed by atoms with van der Waals surface area (Å²) in [6.45, 7) is 7.81. The minimum Gasteiger partial charge on any atom is -0.399 e. The summed E-state index contributed by atoms with van der Waals surface area (Å²) in [5, 5.41) is 9.54. The van der Waals surface area contributed by atoms with Gasteiger partial charge >= 0.3 is 5.69 Å². The van der Waals surface area contributed by atoms with Gasteiger partial charge in [-0.1, -0.05) is 82.0 Å². The van der Waals surface area contributed by atoms with Crippen LogP contribution in [0.25, 0.3) is 11.2 Å². The molecule has 44 heavy (non-hydrogen) atoms. The van der Waals surface area contributed by atoms with Gasteiger partial charge < -0.3 is 15.4 Å². The molecule has 2 heterocycles. The molecule has 4 rings (SSSR count). The average molecular weight is 603 g/mol. The van der Waals surface area contributed by atoms with E-state index in [4.69, 9.17) is 10.7 Å². The van der Waals surface area contributed by atoms with Crippen molar-refractivity contribution in [3.8, 4) is 0 Å². The van der Waals surface area contributed by atoms with Gasteiger partial charge in [0.25, 0.3) is 5.56 Å². The van der Waals surface area contributed by atoms with Crippen LogP contribution in [0, 0.1) is 0 Å². The van der Waals surface area contributed by atoms with Crippen molar-refractivity contribution in [1.82, 2.24) is 23.6 Å². The average Bonchev–Trinajstić information content (AvgIpc) is 3.39. The smallest absolute Gasteiger partial charge is 0.332 e. The van der Waals surface area contributed by atoms with Gasteiger partial charge in [0, 0.05) is 44.8 Å². The quantitative estimate of drug-likeness (QED) is 0.117. The molecule has 0 fully saturated rings. The van der Waals surface area contributed by atoms with Gasteiger partial charge in [-0.15, -0.1) is 0 Å². The van der Waals surface area contributed by atoms with E-state index in [-0.39, 0.29) is 17.9 Å². The SMILES string of the molecule is CCCCCn1c(=O)c2c(nc(Cc3ccccc3)n2CCN(CC)CCO)n(CCCCCCc2ccc(N)cc2)c1=O. The summed E-state index contributed by atoms with van der Waals surface area (Å²) >= 11 is 0. The fraction of sp³-hybridized carbons (Fsp3) is 0.514. The highest BCUT2D eigenvalue weighted by Gasteiger charge is 2.22. The summed E-state index contributed by atoms with van der Waals surface area (Å²) in [6, 6.07) is 18.2.